The molecule has 2 aliphatic rings. The molecule has 2 atom stereocenters. The summed E-state index contributed by atoms with van der Waals surface area (Å²) in [5, 5.41) is 0. The zero-order valence-corrected chi connectivity index (χ0v) is 10.9. The van der Waals surface area contributed by atoms with Crippen LogP contribution in [0.3, 0.4) is 0 Å². The smallest absolute Gasteiger partial charge is 0.0553 e. The van der Waals surface area contributed by atoms with Gasteiger partial charge < -0.3 is 9.64 Å². The van der Waals surface area contributed by atoms with Gasteiger partial charge >= 0.3 is 0 Å². The SMILES string of the molecule is CSCc1ccc(N2C[C@H]3COC[C@H]3C2)cn1. The monoisotopic (exact) mass is 250 g/mol. The van der Waals surface area contributed by atoms with Crippen molar-refractivity contribution in [2.45, 2.75) is 5.75 Å². The Hall–Kier alpha value is -0.740. The van der Waals surface area contributed by atoms with Crippen LogP contribution in [0.1, 0.15) is 5.69 Å². The molecular formula is C13H18N2OS. The number of anilines is 1. The Labute approximate surface area is 107 Å². The number of hydrogen-bond donors (Lipinski definition) is 0. The summed E-state index contributed by atoms with van der Waals surface area (Å²) >= 11 is 1.81. The molecule has 2 aliphatic heterocycles. The summed E-state index contributed by atoms with van der Waals surface area (Å²) in [6.45, 7) is 4.15. The van der Waals surface area contributed by atoms with Gasteiger partial charge in [0.25, 0.3) is 0 Å². The van der Waals surface area contributed by atoms with E-state index in [4.69, 9.17) is 4.74 Å². The van der Waals surface area contributed by atoms with Crippen LogP contribution in [0.5, 0.6) is 0 Å². The summed E-state index contributed by atoms with van der Waals surface area (Å²) in [6, 6.07) is 4.36. The van der Waals surface area contributed by atoms with Crippen molar-refractivity contribution in [2.24, 2.45) is 11.8 Å². The second-order valence-corrected chi connectivity index (χ2v) is 5.77. The Balaban J connectivity index is 1.68. The Morgan fingerprint density at radius 1 is 1.35 bits per heavy atom. The molecule has 92 valence electrons. The van der Waals surface area contributed by atoms with Crippen molar-refractivity contribution in [1.29, 1.82) is 0 Å². The number of pyridine rings is 1. The van der Waals surface area contributed by atoms with Crippen LogP contribution in [0.15, 0.2) is 18.3 Å². The third-order valence-electron chi connectivity index (χ3n) is 3.71. The zero-order valence-electron chi connectivity index (χ0n) is 10.1. The van der Waals surface area contributed by atoms with Crippen molar-refractivity contribution in [1.82, 2.24) is 4.98 Å². The highest BCUT2D eigenvalue weighted by Crippen LogP contribution is 2.32. The van der Waals surface area contributed by atoms with E-state index in [2.05, 4.69) is 28.3 Å². The number of thioether (sulfide) groups is 1. The third kappa shape index (κ3) is 2.29. The largest absolute Gasteiger partial charge is 0.381 e. The standard InChI is InChI=1S/C13H18N2OS/c1-17-9-12-2-3-13(4-14-12)15-5-10-7-16-8-11(10)6-15/h2-4,10-11H,5-9H2,1H3/t10-,11+. The molecule has 17 heavy (non-hydrogen) atoms. The second-order valence-electron chi connectivity index (χ2n) is 4.90. The molecule has 0 aliphatic carbocycles. The first-order valence-electron chi connectivity index (χ1n) is 6.13. The van der Waals surface area contributed by atoms with Crippen LogP contribution in [-0.4, -0.2) is 37.5 Å². The van der Waals surface area contributed by atoms with E-state index in [0.29, 0.717) is 0 Å². The molecule has 1 aromatic heterocycles. The lowest BCUT2D eigenvalue weighted by Crippen LogP contribution is -2.22. The summed E-state index contributed by atoms with van der Waals surface area (Å²) < 4.78 is 5.50. The summed E-state index contributed by atoms with van der Waals surface area (Å²) in [7, 11) is 0. The minimum absolute atomic E-state index is 0.737. The lowest BCUT2D eigenvalue weighted by molar-refractivity contribution is 0.177. The zero-order chi connectivity index (χ0) is 11.7. The molecule has 3 nitrogen and oxygen atoms in total. The lowest BCUT2D eigenvalue weighted by atomic mass is 10.0. The molecule has 2 fully saturated rings. The van der Waals surface area contributed by atoms with Gasteiger partial charge in [0.15, 0.2) is 0 Å². The molecule has 1 aromatic rings. The molecule has 0 aromatic carbocycles. The summed E-state index contributed by atoms with van der Waals surface area (Å²) in [5.41, 5.74) is 2.44. The van der Waals surface area contributed by atoms with Crippen molar-refractivity contribution in [3.63, 3.8) is 0 Å². The average molecular weight is 250 g/mol. The van der Waals surface area contributed by atoms with Crippen LogP contribution in [0.4, 0.5) is 5.69 Å². The maximum atomic E-state index is 5.50. The Morgan fingerprint density at radius 3 is 2.71 bits per heavy atom. The first kappa shape index (κ1) is 11.4. The molecule has 0 radical (unpaired) electrons. The van der Waals surface area contributed by atoms with Gasteiger partial charge in [-0.2, -0.15) is 11.8 Å². The first-order chi connectivity index (χ1) is 8.36. The molecule has 0 spiro atoms. The minimum Gasteiger partial charge on any atom is -0.381 e. The number of aromatic nitrogens is 1. The van der Waals surface area contributed by atoms with Crippen LogP contribution >= 0.6 is 11.8 Å². The Morgan fingerprint density at radius 2 is 2.12 bits per heavy atom. The molecule has 0 unspecified atom stereocenters. The Bertz CT molecular complexity index is 370. The van der Waals surface area contributed by atoms with Gasteiger partial charge in [-0.15, -0.1) is 0 Å². The number of hydrogen-bond acceptors (Lipinski definition) is 4. The fourth-order valence-electron chi connectivity index (χ4n) is 2.74. The van der Waals surface area contributed by atoms with Crippen LogP contribution in [0.25, 0.3) is 0 Å². The van der Waals surface area contributed by atoms with E-state index in [0.717, 1.165) is 43.9 Å². The van der Waals surface area contributed by atoms with Gasteiger partial charge in [0.2, 0.25) is 0 Å². The van der Waals surface area contributed by atoms with Crippen LogP contribution in [0, 0.1) is 11.8 Å². The Kier molecular flexibility index (Phi) is 3.25. The number of fused-ring (bicyclic) bond motifs is 1. The quantitative estimate of drug-likeness (QED) is 0.819. The molecule has 0 N–H and O–H groups in total. The van der Waals surface area contributed by atoms with Crippen molar-refractivity contribution in [3.8, 4) is 0 Å². The third-order valence-corrected chi connectivity index (χ3v) is 4.29. The van der Waals surface area contributed by atoms with E-state index in [9.17, 15) is 0 Å². The fraction of sp³-hybridized carbons (Fsp3) is 0.615. The van der Waals surface area contributed by atoms with E-state index in [1.165, 1.54) is 11.4 Å². The summed E-state index contributed by atoms with van der Waals surface area (Å²) in [4.78, 5) is 6.97. The molecule has 0 saturated carbocycles. The van der Waals surface area contributed by atoms with Crippen LogP contribution < -0.4 is 4.90 Å². The van der Waals surface area contributed by atoms with Crippen molar-refractivity contribution < 1.29 is 4.74 Å². The van der Waals surface area contributed by atoms with E-state index < -0.39 is 0 Å². The van der Waals surface area contributed by atoms with Gasteiger partial charge in [-0.05, 0) is 18.4 Å². The molecule has 0 amide bonds. The highest BCUT2D eigenvalue weighted by molar-refractivity contribution is 7.97. The first-order valence-corrected chi connectivity index (χ1v) is 7.53. The van der Waals surface area contributed by atoms with E-state index in [-0.39, 0.29) is 0 Å². The van der Waals surface area contributed by atoms with Crippen molar-refractivity contribution >= 4 is 17.4 Å². The molecular weight excluding hydrogens is 232 g/mol. The van der Waals surface area contributed by atoms with Crippen molar-refractivity contribution in [3.05, 3.63) is 24.0 Å². The fourth-order valence-corrected chi connectivity index (χ4v) is 3.20. The second kappa shape index (κ2) is 4.86. The number of ether oxygens (including phenoxy) is 1. The van der Waals surface area contributed by atoms with E-state index >= 15 is 0 Å². The van der Waals surface area contributed by atoms with Gasteiger partial charge in [-0.3, -0.25) is 4.98 Å². The van der Waals surface area contributed by atoms with Gasteiger partial charge in [-0.25, -0.2) is 0 Å². The van der Waals surface area contributed by atoms with Gasteiger partial charge in [0.05, 0.1) is 30.8 Å². The molecule has 3 rings (SSSR count). The molecule has 4 heteroatoms. The number of nitrogens with zero attached hydrogens (tertiary/aromatic N) is 2. The van der Waals surface area contributed by atoms with E-state index in [1.807, 2.05) is 18.0 Å². The van der Waals surface area contributed by atoms with Crippen LogP contribution in [0.2, 0.25) is 0 Å². The predicted octanol–water partition coefficient (Wildman–Crippen LogP) is 2.03. The summed E-state index contributed by atoms with van der Waals surface area (Å²) in [6.07, 6.45) is 4.13. The van der Waals surface area contributed by atoms with Crippen molar-refractivity contribution in [2.75, 3.05) is 37.5 Å². The topological polar surface area (TPSA) is 25.4 Å². The van der Waals surface area contributed by atoms with E-state index in [1.54, 1.807) is 0 Å². The summed E-state index contributed by atoms with van der Waals surface area (Å²) in [5.74, 6) is 2.47. The number of rotatable bonds is 3. The maximum absolute atomic E-state index is 5.50. The molecule has 2 saturated heterocycles. The lowest BCUT2D eigenvalue weighted by Gasteiger charge is -2.19. The van der Waals surface area contributed by atoms with Crippen LogP contribution in [-0.2, 0) is 10.5 Å². The van der Waals surface area contributed by atoms with Gasteiger partial charge in [0.1, 0.15) is 0 Å². The highest BCUT2D eigenvalue weighted by atomic mass is 32.2. The van der Waals surface area contributed by atoms with Gasteiger partial charge in [0, 0.05) is 30.7 Å². The average Bonchev–Trinajstić information content (AvgIpc) is 2.90. The normalized spacial score (nSPS) is 27.5. The van der Waals surface area contributed by atoms with Gasteiger partial charge in [-0.1, -0.05) is 0 Å². The predicted molar refractivity (Wildman–Crippen MR) is 71.5 cm³/mol. The minimum atomic E-state index is 0.737. The maximum Gasteiger partial charge on any atom is 0.0553 e. The molecule has 3 heterocycles. The highest BCUT2D eigenvalue weighted by Gasteiger charge is 2.37. The molecule has 0 bridgehead atoms.